The molecule has 0 spiro atoms. The van der Waals surface area contributed by atoms with Crippen LogP contribution in [0.25, 0.3) is 0 Å². The van der Waals surface area contributed by atoms with E-state index >= 15 is 0 Å². The van der Waals surface area contributed by atoms with Gasteiger partial charge in [0.2, 0.25) is 0 Å². The van der Waals surface area contributed by atoms with Gasteiger partial charge in [0.1, 0.15) is 0 Å². The summed E-state index contributed by atoms with van der Waals surface area (Å²) in [6, 6.07) is 0. The van der Waals surface area contributed by atoms with Gasteiger partial charge in [0, 0.05) is 0 Å². The molecule has 1 aromatic heterocycles. The lowest BCUT2D eigenvalue weighted by Gasteiger charge is -2.04. The van der Waals surface area contributed by atoms with E-state index in [4.69, 9.17) is 5.11 Å². The van der Waals surface area contributed by atoms with Gasteiger partial charge in [0.05, 0.1) is 29.0 Å². The number of nitro groups is 1. The predicted octanol–water partition coefficient (Wildman–Crippen LogP) is 0.713. The number of H-pyrrole nitrogens is 1. The van der Waals surface area contributed by atoms with Crippen molar-refractivity contribution in [1.29, 1.82) is 0 Å². The summed E-state index contributed by atoms with van der Waals surface area (Å²) in [5.41, 5.74) is -3.55. The standard InChI is InChI=1S/C7H6F2N2O4/c8-7(9)5-3(2-12)6(13)4(1-10-5)11(14)15/h1,7,12H,2H2,(H,10,13). The quantitative estimate of drug-likeness (QED) is 0.579. The third-order valence-electron chi connectivity index (χ3n) is 1.77. The molecule has 8 heteroatoms. The van der Waals surface area contributed by atoms with Crippen molar-refractivity contribution in [3.05, 3.63) is 37.8 Å². The molecule has 6 nitrogen and oxygen atoms in total. The fraction of sp³-hybridized carbons (Fsp3) is 0.286. The number of aliphatic hydroxyl groups excluding tert-OH is 1. The number of alkyl halides is 2. The minimum absolute atomic E-state index is 0.586. The van der Waals surface area contributed by atoms with Crippen LogP contribution in [-0.2, 0) is 6.61 Å². The minimum atomic E-state index is -3.00. The van der Waals surface area contributed by atoms with Gasteiger partial charge < -0.3 is 10.1 Å². The molecule has 2 N–H and O–H groups in total. The summed E-state index contributed by atoms with van der Waals surface area (Å²) >= 11 is 0. The number of hydrogen-bond donors (Lipinski definition) is 2. The molecule has 82 valence electrons. The van der Waals surface area contributed by atoms with Crippen LogP contribution < -0.4 is 5.43 Å². The highest BCUT2D eigenvalue weighted by molar-refractivity contribution is 5.34. The van der Waals surface area contributed by atoms with Gasteiger partial charge in [-0.25, -0.2) is 8.78 Å². The molecular formula is C7H6F2N2O4. The van der Waals surface area contributed by atoms with Crippen molar-refractivity contribution in [1.82, 2.24) is 4.98 Å². The van der Waals surface area contributed by atoms with E-state index in [9.17, 15) is 23.7 Å². The van der Waals surface area contributed by atoms with Crippen LogP contribution in [0.2, 0.25) is 0 Å². The van der Waals surface area contributed by atoms with Crippen molar-refractivity contribution < 1.29 is 18.8 Å². The molecule has 0 atom stereocenters. The van der Waals surface area contributed by atoms with Gasteiger partial charge in [-0.1, -0.05) is 0 Å². The Labute approximate surface area is 81.3 Å². The van der Waals surface area contributed by atoms with Crippen molar-refractivity contribution in [2.75, 3.05) is 0 Å². The van der Waals surface area contributed by atoms with Crippen molar-refractivity contribution in [3.8, 4) is 0 Å². The molecule has 1 aromatic rings. The molecule has 0 bridgehead atoms. The van der Waals surface area contributed by atoms with Gasteiger partial charge >= 0.3 is 5.69 Å². The number of aromatic nitrogens is 1. The van der Waals surface area contributed by atoms with E-state index in [1.54, 1.807) is 0 Å². The van der Waals surface area contributed by atoms with Crippen molar-refractivity contribution >= 4 is 5.69 Å². The second kappa shape index (κ2) is 4.13. The highest BCUT2D eigenvalue weighted by Gasteiger charge is 2.22. The average molecular weight is 220 g/mol. The highest BCUT2D eigenvalue weighted by Crippen LogP contribution is 2.20. The summed E-state index contributed by atoms with van der Waals surface area (Å²) < 4.78 is 24.6. The molecular weight excluding hydrogens is 214 g/mol. The van der Waals surface area contributed by atoms with Crippen LogP contribution >= 0.6 is 0 Å². The summed E-state index contributed by atoms with van der Waals surface area (Å²) in [5, 5.41) is 19.0. The fourth-order valence-corrected chi connectivity index (χ4v) is 1.06. The SMILES string of the molecule is O=c1c([N+](=O)[O-])c[nH]c(C(F)F)c1CO. The largest absolute Gasteiger partial charge is 0.391 e. The third kappa shape index (κ3) is 1.99. The lowest BCUT2D eigenvalue weighted by molar-refractivity contribution is -0.386. The first-order chi connectivity index (χ1) is 6.99. The summed E-state index contributed by atoms with van der Waals surface area (Å²) in [7, 11) is 0. The van der Waals surface area contributed by atoms with Crippen molar-refractivity contribution in [2.24, 2.45) is 0 Å². The Balaban J connectivity index is 3.46. The Morgan fingerprint density at radius 3 is 2.60 bits per heavy atom. The number of aromatic amines is 1. The molecule has 15 heavy (non-hydrogen) atoms. The second-order valence-electron chi connectivity index (χ2n) is 2.61. The molecule has 0 saturated heterocycles. The lowest BCUT2D eigenvalue weighted by Crippen LogP contribution is -2.17. The molecule has 0 aliphatic rings. The molecule has 0 unspecified atom stereocenters. The van der Waals surface area contributed by atoms with Crippen LogP contribution in [-0.4, -0.2) is 15.0 Å². The number of halogens is 2. The molecule has 0 amide bonds. The summed E-state index contributed by atoms with van der Waals surface area (Å²) in [4.78, 5) is 22.4. The Morgan fingerprint density at radius 1 is 1.60 bits per heavy atom. The van der Waals surface area contributed by atoms with Gasteiger partial charge in [0.15, 0.2) is 0 Å². The Morgan fingerprint density at radius 2 is 2.20 bits per heavy atom. The van der Waals surface area contributed by atoms with E-state index in [1.165, 1.54) is 0 Å². The van der Waals surface area contributed by atoms with E-state index in [-0.39, 0.29) is 0 Å². The number of aliphatic hydroxyl groups is 1. The molecule has 0 fully saturated rings. The zero-order valence-corrected chi connectivity index (χ0v) is 7.24. The van der Waals surface area contributed by atoms with Crippen LogP contribution in [0.3, 0.4) is 0 Å². The molecule has 0 aliphatic carbocycles. The third-order valence-corrected chi connectivity index (χ3v) is 1.77. The monoisotopic (exact) mass is 220 g/mol. The van der Waals surface area contributed by atoms with Crippen LogP contribution in [0, 0.1) is 10.1 Å². The number of pyridine rings is 1. The first kappa shape index (κ1) is 11.2. The van der Waals surface area contributed by atoms with Gasteiger partial charge in [0.25, 0.3) is 11.9 Å². The van der Waals surface area contributed by atoms with Crippen LogP contribution in [0.5, 0.6) is 0 Å². The zero-order valence-electron chi connectivity index (χ0n) is 7.24. The van der Waals surface area contributed by atoms with Crippen molar-refractivity contribution in [3.63, 3.8) is 0 Å². The highest BCUT2D eigenvalue weighted by atomic mass is 19.3. The van der Waals surface area contributed by atoms with Crippen LogP contribution in [0.1, 0.15) is 17.7 Å². The molecule has 0 aliphatic heterocycles. The number of nitrogens with one attached hydrogen (secondary N) is 1. The summed E-state index contributed by atoms with van der Waals surface area (Å²) in [6.45, 7) is -0.976. The van der Waals surface area contributed by atoms with E-state index in [1.807, 2.05) is 4.98 Å². The predicted molar refractivity (Wildman–Crippen MR) is 44.6 cm³/mol. The van der Waals surface area contributed by atoms with Gasteiger partial charge in [-0.15, -0.1) is 0 Å². The van der Waals surface area contributed by atoms with E-state index in [2.05, 4.69) is 0 Å². The first-order valence-electron chi connectivity index (χ1n) is 3.77. The molecule has 1 heterocycles. The topological polar surface area (TPSA) is 96.2 Å². The smallest absolute Gasteiger partial charge is 0.332 e. The molecule has 0 aromatic carbocycles. The van der Waals surface area contributed by atoms with Crippen molar-refractivity contribution in [2.45, 2.75) is 13.0 Å². The first-order valence-corrected chi connectivity index (χ1v) is 3.77. The maximum absolute atomic E-state index is 12.3. The maximum atomic E-state index is 12.3. The van der Waals surface area contributed by atoms with Gasteiger partial charge in [-0.3, -0.25) is 14.9 Å². The zero-order chi connectivity index (χ0) is 11.6. The Kier molecular flexibility index (Phi) is 3.10. The number of rotatable bonds is 3. The summed E-state index contributed by atoms with van der Waals surface area (Å²) in [5.74, 6) is 0. The van der Waals surface area contributed by atoms with E-state index in [0.29, 0.717) is 6.20 Å². The normalized spacial score (nSPS) is 10.7. The fourth-order valence-electron chi connectivity index (χ4n) is 1.06. The number of hydrogen-bond acceptors (Lipinski definition) is 4. The maximum Gasteiger partial charge on any atom is 0.332 e. The molecule has 0 radical (unpaired) electrons. The lowest BCUT2D eigenvalue weighted by atomic mass is 10.2. The van der Waals surface area contributed by atoms with E-state index in [0.717, 1.165) is 0 Å². The van der Waals surface area contributed by atoms with Gasteiger partial charge in [-0.05, 0) is 0 Å². The molecule has 1 rings (SSSR count). The molecule has 0 saturated carbocycles. The summed E-state index contributed by atoms with van der Waals surface area (Å²) in [6.07, 6.45) is -2.41. The Bertz CT molecular complexity index is 443. The Hall–Kier alpha value is -1.83. The minimum Gasteiger partial charge on any atom is -0.391 e. The number of nitrogens with zero attached hydrogens (tertiary/aromatic N) is 1. The van der Waals surface area contributed by atoms with E-state index < -0.39 is 40.3 Å². The second-order valence-corrected chi connectivity index (χ2v) is 2.61. The average Bonchev–Trinajstić information content (AvgIpc) is 2.16. The van der Waals surface area contributed by atoms with Gasteiger partial charge in [-0.2, -0.15) is 0 Å². The van der Waals surface area contributed by atoms with Crippen LogP contribution in [0.4, 0.5) is 14.5 Å². The van der Waals surface area contributed by atoms with Crippen LogP contribution in [0.15, 0.2) is 11.0 Å².